The molecule has 0 bridgehead atoms. The largest absolute Gasteiger partial charge is 0.293 e. The second-order valence-corrected chi connectivity index (χ2v) is 3.46. The van der Waals surface area contributed by atoms with Crippen LogP contribution in [0.15, 0.2) is 6.07 Å². The van der Waals surface area contributed by atoms with Crippen molar-refractivity contribution in [2.24, 2.45) is 0 Å². The zero-order chi connectivity index (χ0) is 7.78. The van der Waals surface area contributed by atoms with E-state index in [4.69, 9.17) is 7.85 Å². The molecule has 0 aliphatic carbocycles. The number of hydrogen-bond acceptors (Lipinski definition) is 1. The average molecular weight is 134 g/mol. The minimum absolute atomic E-state index is 0.0914. The van der Waals surface area contributed by atoms with E-state index in [0.29, 0.717) is 5.59 Å². The lowest BCUT2D eigenvalue weighted by molar-refractivity contribution is 0.567. The van der Waals surface area contributed by atoms with Gasteiger partial charge in [0.05, 0.1) is 5.69 Å². The van der Waals surface area contributed by atoms with Gasteiger partial charge in [-0.2, -0.15) is 5.10 Å². The van der Waals surface area contributed by atoms with Crippen LogP contribution in [0.2, 0.25) is 0 Å². The standard InChI is InChI=1S/C7H11BN2/c1-7(2,3)5-4-6(8)10-9-5/h4H,1-3H3,(H,9,10). The molecule has 0 aliphatic heterocycles. The van der Waals surface area contributed by atoms with E-state index in [1.807, 2.05) is 6.07 Å². The first-order chi connectivity index (χ1) is 4.50. The molecule has 0 saturated heterocycles. The highest BCUT2D eigenvalue weighted by Crippen LogP contribution is 2.17. The molecule has 2 radical (unpaired) electrons. The maximum atomic E-state index is 5.46. The Morgan fingerprint density at radius 1 is 1.50 bits per heavy atom. The van der Waals surface area contributed by atoms with Crippen LogP contribution in [-0.2, 0) is 5.41 Å². The molecular weight excluding hydrogens is 123 g/mol. The summed E-state index contributed by atoms with van der Waals surface area (Å²) < 4.78 is 0. The molecule has 1 heterocycles. The van der Waals surface area contributed by atoms with Gasteiger partial charge in [-0.1, -0.05) is 20.8 Å². The Morgan fingerprint density at radius 2 is 2.10 bits per heavy atom. The molecule has 0 spiro atoms. The summed E-state index contributed by atoms with van der Waals surface area (Å²) in [5.41, 5.74) is 1.73. The molecule has 1 rings (SSSR count). The topological polar surface area (TPSA) is 28.7 Å². The summed E-state index contributed by atoms with van der Waals surface area (Å²) in [7, 11) is 5.46. The average Bonchev–Trinajstić information content (AvgIpc) is 2.11. The number of aromatic amines is 1. The maximum Gasteiger partial charge on any atom is 0.140 e. The quantitative estimate of drug-likeness (QED) is 0.514. The van der Waals surface area contributed by atoms with E-state index in [-0.39, 0.29) is 5.41 Å². The van der Waals surface area contributed by atoms with Crippen molar-refractivity contribution in [3.05, 3.63) is 11.8 Å². The van der Waals surface area contributed by atoms with Crippen LogP contribution < -0.4 is 5.59 Å². The SMILES string of the molecule is [B]c1cc(C(C)(C)C)n[nH]1. The molecule has 1 N–H and O–H groups in total. The third-order valence-electron chi connectivity index (χ3n) is 1.37. The van der Waals surface area contributed by atoms with E-state index in [9.17, 15) is 0 Å². The highest BCUT2D eigenvalue weighted by atomic mass is 15.1. The molecular formula is C7H11BN2. The van der Waals surface area contributed by atoms with Crippen molar-refractivity contribution in [1.29, 1.82) is 0 Å². The Morgan fingerprint density at radius 3 is 2.30 bits per heavy atom. The third-order valence-corrected chi connectivity index (χ3v) is 1.37. The van der Waals surface area contributed by atoms with Gasteiger partial charge in [-0.3, -0.25) is 5.10 Å². The fourth-order valence-electron chi connectivity index (χ4n) is 0.721. The second kappa shape index (κ2) is 2.15. The van der Waals surface area contributed by atoms with Gasteiger partial charge in [-0.25, -0.2) is 0 Å². The van der Waals surface area contributed by atoms with Crippen LogP contribution in [0.1, 0.15) is 26.5 Å². The number of hydrogen-bond donors (Lipinski definition) is 1. The first-order valence-corrected chi connectivity index (χ1v) is 3.31. The van der Waals surface area contributed by atoms with Gasteiger partial charge in [0.15, 0.2) is 0 Å². The Labute approximate surface area is 62.4 Å². The number of aromatic nitrogens is 2. The van der Waals surface area contributed by atoms with Gasteiger partial charge in [0.25, 0.3) is 0 Å². The van der Waals surface area contributed by atoms with Crippen molar-refractivity contribution in [1.82, 2.24) is 10.2 Å². The van der Waals surface area contributed by atoms with Gasteiger partial charge in [0.2, 0.25) is 0 Å². The van der Waals surface area contributed by atoms with Crippen molar-refractivity contribution < 1.29 is 0 Å². The van der Waals surface area contributed by atoms with E-state index in [1.165, 1.54) is 0 Å². The van der Waals surface area contributed by atoms with Gasteiger partial charge in [0, 0.05) is 5.41 Å². The lowest BCUT2D eigenvalue weighted by Gasteiger charge is -2.13. The Balaban J connectivity index is 2.96. The zero-order valence-corrected chi connectivity index (χ0v) is 6.60. The Kier molecular flexibility index (Phi) is 1.59. The smallest absolute Gasteiger partial charge is 0.140 e. The number of nitrogens with one attached hydrogen (secondary N) is 1. The van der Waals surface area contributed by atoms with Crippen molar-refractivity contribution in [2.75, 3.05) is 0 Å². The lowest BCUT2D eigenvalue weighted by atomic mass is 9.91. The first-order valence-electron chi connectivity index (χ1n) is 3.31. The molecule has 0 unspecified atom stereocenters. The van der Waals surface area contributed by atoms with Crippen molar-refractivity contribution in [3.63, 3.8) is 0 Å². The fraction of sp³-hybridized carbons (Fsp3) is 0.571. The van der Waals surface area contributed by atoms with E-state index in [0.717, 1.165) is 5.69 Å². The van der Waals surface area contributed by atoms with E-state index < -0.39 is 0 Å². The highest BCUT2D eigenvalue weighted by molar-refractivity contribution is 6.30. The molecule has 1 aromatic heterocycles. The van der Waals surface area contributed by atoms with Crippen LogP contribution in [0.5, 0.6) is 0 Å². The summed E-state index contributed by atoms with van der Waals surface area (Å²) in [4.78, 5) is 0. The minimum Gasteiger partial charge on any atom is -0.293 e. The summed E-state index contributed by atoms with van der Waals surface area (Å²) in [6.45, 7) is 6.30. The van der Waals surface area contributed by atoms with Crippen LogP contribution in [0, 0.1) is 0 Å². The zero-order valence-electron chi connectivity index (χ0n) is 6.60. The molecule has 0 atom stereocenters. The third kappa shape index (κ3) is 1.41. The van der Waals surface area contributed by atoms with Gasteiger partial charge in [-0.05, 0) is 11.7 Å². The molecule has 1 aromatic rings. The van der Waals surface area contributed by atoms with E-state index >= 15 is 0 Å². The number of rotatable bonds is 0. The van der Waals surface area contributed by atoms with Gasteiger partial charge in [-0.15, -0.1) is 0 Å². The van der Waals surface area contributed by atoms with Crippen molar-refractivity contribution >= 4 is 13.4 Å². The molecule has 0 amide bonds. The molecule has 0 fully saturated rings. The van der Waals surface area contributed by atoms with Gasteiger partial charge >= 0.3 is 0 Å². The Bertz CT molecular complexity index is 222. The molecule has 0 aromatic carbocycles. The normalized spacial score (nSPS) is 11.9. The van der Waals surface area contributed by atoms with Crippen molar-refractivity contribution in [2.45, 2.75) is 26.2 Å². The monoisotopic (exact) mass is 134 g/mol. The van der Waals surface area contributed by atoms with Crippen molar-refractivity contribution in [3.8, 4) is 0 Å². The molecule has 0 aliphatic rings. The lowest BCUT2D eigenvalue weighted by Crippen LogP contribution is -2.11. The summed E-state index contributed by atoms with van der Waals surface area (Å²) in [6, 6.07) is 1.86. The minimum atomic E-state index is 0.0914. The molecule has 0 saturated carbocycles. The van der Waals surface area contributed by atoms with Crippen LogP contribution in [0.4, 0.5) is 0 Å². The number of H-pyrrole nitrogens is 1. The van der Waals surface area contributed by atoms with E-state index in [1.54, 1.807) is 0 Å². The van der Waals surface area contributed by atoms with Crippen LogP contribution in [0.25, 0.3) is 0 Å². The fourth-order valence-corrected chi connectivity index (χ4v) is 0.721. The molecule has 10 heavy (non-hydrogen) atoms. The van der Waals surface area contributed by atoms with Gasteiger partial charge < -0.3 is 0 Å². The summed E-state index contributed by atoms with van der Waals surface area (Å²) >= 11 is 0. The first kappa shape index (κ1) is 7.38. The summed E-state index contributed by atoms with van der Waals surface area (Å²) in [5, 5.41) is 6.74. The van der Waals surface area contributed by atoms with Gasteiger partial charge in [0.1, 0.15) is 7.85 Å². The molecule has 2 nitrogen and oxygen atoms in total. The number of nitrogens with zero attached hydrogens (tertiary/aromatic N) is 1. The Hall–Kier alpha value is -0.725. The highest BCUT2D eigenvalue weighted by Gasteiger charge is 2.15. The van der Waals surface area contributed by atoms with Crippen LogP contribution in [0.3, 0.4) is 0 Å². The summed E-state index contributed by atoms with van der Waals surface area (Å²) in [5.74, 6) is 0. The van der Waals surface area contributed by atoms with Crippen LogP contribution >= 0.6 is 0 Å². The van der Waals surface area contributed by atoms with Crippen LogP contribution in [-0.4, -0.2) is 18.0 Å². The molecule has 52 valence electrons. The summed E-state index contributed by atoms with van der Waals surface area (Å²) in [6.07, 6.45) is 0. The predicted molar refractivity (Wildman–Crippen MR) is 42.7 cm³/mol. The second-order valence-electron chi connectivity index (χ2n) is 3.46. The maximum absolute atomic E-state index is 5.46. The molecule has 3 heteroatoms. The van der Waals surface area contributed by atoms with E-state index in [2.05, 4.69) is 31.0 Å². The predicted octanol–water partition coefficient (Wildman–Crippen LogP) is 0.501.